The molecule has 0 saturated carbocycles. The lowest BCUT2D eigenvalue weighted by Crippen LogP contribution is -2.51. The van der Waals surface area contributed by atoms with Crippen LogP contribution in [0, 0.1) is 5.92 Å². The van der Waals surface area contributed by atoms with Gasteiger partial charge < -0.3 is 14.7 Å². The van der Waals surface area contributed by atoms with Crippen LogP contribution in [-0.4, -0.2) is 47.7 Å². The van der Waals surface area contributed by atoms with Crippen molar-refractivity contribution in [2.75, 3.05) is 19.8 Å². The number of rotatable bonds is 4. The maximum absolute atomic E-state index is 12.0. The molecule has 0 aromatic rings. The molecule has 0 radical (unpaired) electrons. The van der Waals surface area contributed by atoms with Gasteiger partial charge in [-0.15, -0.1) is 0 Å². The highest BCUT2D eigenvalue weighted by Crippen LogP contribution is 2.15. The van der Waals surface area contributed by atoms with Gasteiger partial charge in [0.25, 0.3) is 0 Å². The minimum Gasteiger partial charge on any atom is -0.481 e. The van der Waals surface area contributed by atoms with E-state index >= 15 is 0 Å². The summed E-state index contributed by atoms with van der Waals surface area (Å²) in [6, 6.07) is -0.312. The maximum Gasteiger partial charge on any atom is 0.305 e. The summed E-state index contributed by atoms with van der Waals surface area (Å²) < 4.78 is 5.22. The van der Waals surface area contributed by atoms with E-state index < -0.39 is 5.97 Å². The molecule has 92 valence electrons. The van der Waals surface area contributed by atoms with Crippen molar-refractivity contribution in [2.45, 2.75) is 32.7 Å². The van der Waals surface area contributed by atoms with Crippen LogP contribution in [0.2, 0.25) is 0 Å². The fourth-order valence-electron chi connectivity index (χ4n) is 1.77. The molecule has 0 aliphatic carbocycles. The Bertz CT molecular complexity index is 267. The Labute approximate surface area is 95.4 Å². The number of amides is 1. The van der Waals surface area contributed by atoms with Crippen LogP contribution in [0.25, 0.3) is 0 Å². The van der Waals surface area contributed by atoms with Crippen LogP contribution in [0.5, 0.6) is 0 Å². The molecular formula is C11H19NO4. The van der Waals surface area contributed by atoms with Crippen LogP contribution in [0.1, 0.15) is 26.7 Å². The summed E-state index contributed by atoms with van der Waals surface area (Å²) in [4.78, 5) is 24.3. The van der Waals surface area contributed by atoms with Crippen LogP contribution in [-0.2, 0) is 14.3 Å². The minimum absolute atomic E-state index is 0.0389. The van der Waals surface area contributed by atoms with Crippen LogP contribution >= 0.6 is 0 Å². The van der Waals surface area contributed by atoms with E-state index in [-0.39, 0.29) is 24.3 Å². The Morgan fingerprint density at radius 2 is 2.25 bits per heavy atom. The van der Waals surface area contributed by atoms with Gasteiger partial charge in [-0.25, -0.2) is 0 Å². The van der Waals surface area contributed by atoms with Crippen LogP contribution in [0.15, 0.2) is 0 Å². The third-order valence-electron chi connectivity index (χ3n) is 2.95. The van der Waals surface area contributed by atoms with Crippen molar-refractivity contribution in [3.8, 4) is 0 Å². The van der Waals surface area contributed by atoms with Crippen LogP contribution < -0.4 is 0 Å². The zero-order valence-electron chi connectivity index (χ0n) is 9.81. The molecule has 1 fully saturated rings. The number of carboxylic acids is 1. The van der Waals surface area contributed by atoms with Crippen molar-refractivity contribution in [3.05, 3.63) is 0 Å². The molecule has 1 N–H and O–H groups in total. The topological polar surface area (TPSA) is 66.8 Å². The van der Waals surface area contributed by atoms with Crippen molar-refractivity contribution in [3.63, 3.8) is 0 Å². The summed E-state index contributed by atoms with van der Waals surface area (Å²) in [6.07, 6.45) is 0.734. The monoisotopic (exact) mass is 229 g/mol. The zero-order chi connectivity index (χ0) is 12.1. The molecule has 1 heterocycles. The number of carboxylic acid groups (broad SMARTS) is 1. The molecule has 0 spiro atoms. The molecule has 1 saturated heterocycles. The summed E-state index contributed by atoms with van der Waals surface area (Å²) in [5, 5.41) is 8.77. The first kappa shape index (κ1) is 13.0. The van der Waals surface area contributed by atoms with Gasteiger partial charge >= 0.3 is 5.97 Å². The molecule has 5 nitrogen and oxygen atoms in total. The van der Waals surface area contributed by atoms with E-state index in [4.69, 9.17) is 9.84 Å². The van der Waals surface area contributed by atoms with E-state index in [1.165, 1.54) is 0 Å². The first-order valence-electron chi connectivity index (χ1n) is 5.66. The van der Waals surface area contributed by atoms with Crippen molar-refractivity contribution in [1.82, 2.24) is 4.90 Å². The molecule has 16 heavy (non-hydrogen) atoms. The van der Waals surface area contributed by atoms with Gasteiger partial charge in [0.05, 0.1) is 25.7 Å². The van der Waals surface area contributed by atoms with E-state index in [1.807, 2.05) is 13.8 Å². The van der Waals surface area contributed by atoms with Gasteiger partial charge in [0.2, 0.25) is 5.91 Å². The Hall–Kier alpha value is -1.10. The van der Waals surface area contributed by atoms with Gasteiger partial charge in [-0.1, -0.05) is 13.8 Å². The summed E-state index contributed by atoms with van der Waals surface area (Å²) >= 11 is 0. The molecule has 2 atom stereocenters. The molecule has 0 aromatic carbocycles. The average Bonchev–Trinajstić information content (AvgIpc) is 2.27. The lowest BCUT2D eigenvalue weighted by molar-refractivity contribution is -0.148. The zero-order valence-corrected chi connectivity index (χ0v) is 9.81. The normalized spacial score (nSPS) is 22.9. The molecule has 5 heteroatoms. The number of nitrogens with zero attached hydrogens (tertiary/aromatic N) is 1. The summed E-state index contributed by atoms with van der Waals surface area (Å²) in [5.74, 6) is -0.899. The third kappa shape index (κ3) is 3.20. The van der Waals surface area contributed by atoms with Gasteiger partial charge in [0, 0.05) is 12.5 Å². The van der Waals surface area contributed by atoms with Crippen molar-refractivity contribution >= 4 is 11.9 Å². The van der Waals surface area contributed by atoms with Crippen LogP contribution in [0.4, 0.5) is 0 Å². The highest BCUT2D eigenvalue weighted by Gasteiger charge is 2.30. The molecule has 0 aromatic heterocycles. The quantitative estimate of drug-likeness (QED) is 0.772. The predicted octanol–water partition coefficient (Wildman–Crippen LogP) is 0.735. The maximum atomic E-state index is 12.0. The molecule has 1 amide bonds. The largest absolute Gasteiger partial charge is 0.481 e. The van der Waals surface area contributed by atoms with E-state index in [0.717, 1.165) is 6.42 Å². The average molecular weight is 229 g/mol. The minimum atomic E-state index is -0.891. The van der Waals surface area contributed by atoms with Crippen LogP contribution in [0.3, 0.4) is 0 Å². The molecular weight excluding hydrogens is 210 g/mol. The predicted molar refractivity (Wildman–Crippen MR) is 58.0 cm³/mol. The van der Waals surface area contributed by atoms with Crippen molar-refractivity contribution in [2.24, 2.45) is 5.92 Å². The van der Waals surface area contributed by atoms with Gasteiger partial charge in [-0.05, 0) is 6.42 Å². The first-order valence-corrected chi connectivity index (χ1v) is 5.66. The fourth-order valence-corrected chi connectivity index (χ4v) is 1.77. The molecule has 1 aliphatic heterocycles. The number of hydrogen-bond donors (Lipinski definition) is 1. The lowest BCUT2D eigenvalue weighted by atomic mass is 10.0. The SMILES string of the molecule is CCC(C)C(=O)N1CCOCC1CC(=O)O. The summed E-state index contributed by atoms with van der Waals surface area (Å²) in [7, 11) is 0. The number of aliphatic carboxylic acids is 1. The second kappa shape index (κ2) is 5.84. The molecule has 1 rings (SSSR count). The molecule has 0 bridgehead atoms. The summed E-state index contributed by atoms with van der Waals surface area (Å²) in [5.41, 5.74) is 0. The fraction of sp³-hybridized carbons (Fsp3) is 0.818. The standard InChI is InChI=1S/C11H19NO4/c1-3-8(2)11(15)12-4-5-16-7-9(12)6-10(13)14/h8-9H,3-7H2,1-2H3,(H,13,14). The van der Waals surface area contributed by atoms with Gasteiger partial charge in [0.15, 0.2) is 0 Å². The lowest BCUT2D eigenvalue weighted by Gasteiger charge is -2.36. The first-order chi connectivity index (χ1) is 7.56. The summed E-state index contributed by atoms with van der Waals surface area (Å²) in [6.45, 7) is 5.15. The van der Waals surface area contributed by atoms with E-state index in [2.05, 4.69) is 0 Å². The Balaban J connectivity index is 2.65. The Morgan fingerprint density at radius 1 is 1.56 bits per heavy atom. The van der Waals surface area contributed by atoms with Crippen molar-refractivity contribution in [1.29, 1.82) is 0 Å². The second-order valence-corrected chi connectivity index (χ2v) is 4.17. The second-order valence-electron chi connectivity index (χ2n) is 4.17. The van der Waals surface area contributed by atoms with Gasteiger partial charge in [-0.2, -0.15) is 0 Å². The smallest absolute Gasteiger partial charge is 0.305 e. The van der Waals surface area contributed by atoms with E-state index in [0.29, 0.717) is 19.8 Å². The number of hydrogen-bond acceptors (Lipinski definition) is 3. The Kier molecular flexibility index (Phi) is 4.73. The number of ether oxygens (including phenoxy) is 1. The van der Waals surface area contributed by atoms with E-state index in [9.17, 15) is 9.59 Å². The molecule has 2 unspecified atom stereocenters. The van der Waals surface area contributed by atoms with Gasteiger partial charge in [0.1, 0.15) is 0 Å². The Morgan fingerprint density at radius 3 is 2.81 bits per heavy atom. The van der Waals surface area contributed by atoms with Gasteiger partial charge in [-0.3, -0.25) is 9.59 Å². The van der Waals surface area contributed by atoms with E-state index in [1.54, 1.807) is 4.90 Å². The number of carbonyl (C=O) groups is 2. The van der Waals surface area contributed by atoms with Crippen molar-refractivity contribution < 1.29 is 19.4 Å². The highest BCUT2D eigenvalue weighted by molar-refractivity contribution is 5.79. The number of morpholine rings is 1. The highest BCUT2D eigenvalue weighted by atomic mass is 16.5. The third-order valence-corrected chi connectivity index (χ3v) is 2.95. The molecule has 1 aliphatic rings. The number of carbonyl (C=O) groups excluding carboxylic acids is 1.